The second-order valence-electron chi connectivity index (χ2n) is 8.42. The molecule has 0 aliphatic heterocycles. The molecular formula is C25H26FN3O4. The molecule has 0 fully saturated rings. The summed E-state index contributed by atoms with van der Waals surface area (Å²) in [5.74, 6) is 0.150. The van der Waals surface area contributed by atoms with Gasteiger partial charge in [0.1, 0.15) is 22.9 Å². The maximum absolute atomic E-state index is 13.4. The number of benzene rings is 3. The Hall–Kier alpha value is -4.07. The van der Waals surface area contributed by atoms with E-state index in [1.54, 1.807) is 70.2 Å². The molecule has 0 heterocycles. The predicted molar refractivity (Wildman–Crippen MR) is 126 cm³/mol. The Bertz CT molecular complexity index is 1170. The summed E-state index contributed by atoms with van der Waals surface area (Å²) in [6.07, 6.45) is -0.551. The zero-order valence-corrected chi connectivity index (χ0v) is 18.9. The van der Waals surface area contributed by atoms with E-state index in [1.807, 2.05) is 0 Å². The normalized spacial score (nSPS) is 10.9. The monoisotopic (exact) mass is 451 g/mol. The van der Waals surface area contributed by atoms with Gasteiger partial charge in [0.25, 0.3) is 5.91 Å². The standard InChI is InChI=1S/C25H26FN3O4/c1-15-13-18(8-11-20(15)26)28-23(30)16-5-12-22(21(27)14-16)32-19-9-6-17(7-10-19)29-24(31)33-25(2,3)4/h5-14H,27H2,1-4H3,(H,28,30)(H,29,31). The van der Waals surface area contributed by atoms with Gasteiger partial charge in [0.2, 0.25) is 0 Å². The van der Waals surface area contributed by atoms with Crippen LogP contribution in [0.2, 0.25) is 0 Å². The lowest BCUT2D eigenvalue weighted by Crippen LogP contribution is -2.27. The van der Waals surface area contributed by atoms with Crippen molar-refractivity contribution >= 4 is 29.1 Å². The van der Waals surface area contributed by atoms with Gasteiger partial charge in [-0.3, -0.25) is 10.1 Å². The fourth-order valence-electron chi connectivity index (χ4n) is 2.86. The van der Waals surface area contributed by atoms with Gasteiger partial charge in [0, 0.05) is 16.9 Å². The van der Waals surface area contributed by atoms with Crippen LogP contribution in [0.25, 0.3) is 0 Å². The third-order valence-corrected chi connectivity index (χ3v) is 4.42. The van der Waals surface area contributed by atoms with Gasteiger partial charge >= 0.3 is 6.09 Å². The van der Waals surface area contributed by atoms with Crippen LogP contribution in [0.3, 0.4) is 0 Å². The number of carbonyl (C=O) groups excluding carboxylic acids is 2. The van der Waals surface area contributed by atoms with Crippen molar-refractivity contribution in [2.75, 3.05) is 16.4 Å². The van der Waals surface area contributed by atoms with Crippen LogP contribution in [0, 0.1) is 12.7 Å². The highest BCUT2D eigenvalue weighted by Crippen LogP contribution is 2.29. The van der Waals surface area contributed by atoms with Crippen LogP contribution >= 0.6 is 0 Å². The molecule has 0 aliphatic carbocycles. The number of rotatable bonds is 5. The molecule has 33 heavy (non-hydrogen) atoms. The van der Waals surface area contributed by atoms with E-state index in [0.717, 1.165) is 0 Å². The Balaban J connectivity index is 1.63. The Labute approximate surface area is 191 Å². The SMILES string of the molecule is Cc1cc(NC(=O)c2ccc(Oc3ccc(NC(=O)OC(C)(C)C)cc3)c(N)c2)ccc1F. The van der Waals surface area contributed by atoms with Gasteiger partial charge in [-0.1, -0.05) is 0 Å². The van der Waals surface area contributed by atoms with E-state index in [9.17, 15) is 14.0 Å². The summed E-state index contributed by atoms with van der Waals surface area (Å²) in [6.45, 7) is 6.97. The molecule has 4 N–H and O–H groups in total. The molecule has 0 saturated carbocycles. The number of hydrogen-bond donors (Lipinski definition) is 3. The van der Waals surface area contributed by atoms with Crippen LogP contribution < -0.4 is 21.1 Å². The number of ether oxygens (including phenoxy) is 2. The first-order valence-electron chi connectivity index (χ1n) is 10.2. The summed E-state index contributed by atoms with van der Waals surface area (Å²) < 4.78 is 24.4. The van der Waals surface area contributed by atoms with E-state index in [4.69, 9.17) is 15.2 Å². The number of nitrogen functional groups attached to an aromatic ring is 1. The molecule has 0 unspecified atom stereocenters. The summed E-state index contributed by atoms with van der Waals surface area (Å²) in [4.78, 5) is 24.4. The first-order chi connectivity index (χ1) is 15.5. The lowest BCUT2D eigenvalue weighted by atomic mass is 10.1. The fourth-order valence-corrected chi connectivity index (χ4v) is 2.86. The molecule has 0 spiro atoms. The number of aryl methyl sites for hydroxylation is 1. The molecule has 7 nitrogen and oxygen atoms in total. The van der Waals surface area contributed by atoms with Crippen molar-refractivity contribution in [2.45, 2.75) is 33.3 Å². The van der Waals surface area contributed by atoms with E-state index in [0.29, 0.717) is 34.0 Å². The van der Waals surface area contributed by atoms with E-state index in [1.165, 1.54) is 18.2 Å². The summed E-state index contributed by atoms with van der Waals surface area (Å²) in [6, 6.07) is 15.7. The first-order valence-corrected chi connectivity index (χ1v) is 10.2. The van der Waals surface area contributed by atoms with Gasteiger partial charge < -0.3 is 20.5 Å². The summed E-state index contributed by atoms with van der Waals surface area (Å²) in [7, 11) is 0. The zero-order chi connectivity index (χ0) is 24.2. The number of halogens is 1. The lowest BCUT2D eigenvalue weighted by molar-refractivity contribution is 0.0635. The number of anilines is 3. The molecule has 3 rings (SSSR count). The Morgan fingerprint density at radius 3 is 2.18 bits per heavy atom. The van der Waals surface area contributed by atoms with Crippen LogP contribution in [0.4, 0.5) is 26.2 Å². The van der Waals surface area contributed by atoms with Crippen LogP contribution in [0.1, 0.15) is 36.7 Å². The van der Waals surface area contributed by atoms with E-state index >= 15 is 0 Å². The van der Waals surface area contributed by atoms with E-state index < -0.39 is 11.7 Å². The molecule has 3 aromatic carbocycles. The third-order valence-electron chi connectivity index (χ3n) is 4.42. The van der Waals surface area contributed by atoms with Gasteiger partial charge in [-0.05, 0) is 93.9 Å². The molecule has 0 saturated heterocycles. The molecule has 0 aliphatic rings. The minimum atomic E-state index is -0.592. The number of hydrogen-bond acceptors (Lipinski definition) is 5. The second-order valence-corrected chi connectivity index (χ2v) is 8.42. The number of nitrogens with one attached hydrogen (secondary N) is 2. The molecular weight excluding hydrogens is 425 g/mol. The molecule has 0 bridgehead atoms. The maximum Gasteiger partial charge on any atom is 0.412 e. The smallest absolute Gasteiger partial charge is 0.412 e. The fraction of sp³-hybridized carbons (Fsp3) is 0.200. The Morgan fingerprint density at radius 2 is 1.58 bits per heavy atom. The van der Waals surface area contributed by atoms with Crippen molar-refractivity contribution in [3.05, 3.63) is 77.6 Å². The summed E-state index contributed by atoms with van der Waals surface area (Å²) >= 11 is 0. The highest BCUT2D eigenvalue weighted by atomic mass is 19.1. The highest BCUT2D eigenvalue weighted by Gasteiger charge is 2.16. The van der Waals surface area contributed by atoms with Crippen LogP contribution in [0.5, 0.6) is 11.5 Å². The van der Waals surface area contributed by atoms with Crippen molar-refractivity contribution in [1.29, 1.82) is 0 Å². The number of nitrogens with two attached hydrogens (primary N) is 1. The Kier molecular flexibility index (Phi) is 6.86. The van der Waals surface area contributed by atoms with E-state index in [-0.39, 0.29) is 17.4 Å². The van der Waals surface area contributed by atoms with Gasteiger partial charge in [-0.15, -0.1) is 0 Å². The second kappa shape index (κ2) is 9.60. The predicted octanol–water partition coefficient (Wildman–Crippen LogP) is 6.11. The number of carbonyl (C=O) groups is 2. The topological polar surface area (TPSA) is 103 Å². The van der Waals surface area contributed by atoms with Crippen LogP contribution in [-0.2, 0) is 4.74 Å². The van der Waals surface area contributed by atoms with Crippen molar-refractivity contribution < 1.29 is 23.5 Å². The van der Waals surface area contributed by atoms with Crippen LogP contribution in [0.15, 0.2) is 60.7 Å². The molecule has 0 atom stereocenters. The van der Waals surface area contributed by atoms with Gasteiger partial charge in [0.05, 0.1) is 5.69 Å². The Morgan fingerprint density at radius 1 is 0.909 bits per heavy atom. The zero-order valence-electron chi connectivity index (χ0n) is 18.9. The van der Waals surface area contributed by atoms with Crippen molar-refractivity contribution in [3.8, 4) is 11.5 Å². The minimum absolute atomic E-state index is 0.272. The van der Waals surface area contributed by atoms with Crippen LogP contribution in [-0.4, -0.2) is 17.6 Å². The molecule has 0 radical (unpaired) electrons. The van der Waals surface area contributed by atoms with E-state index in [2.05, 4.69) is 10.6 Å². The molecule has 8 heteroatoms. The molecule has 172 valence electrons. The summed E-state index contributed by atoms with van der Waals surface area (Å²) in [5.41, 5.74) is 7.55. The number of amides is 2. The van der Waals surface area contributed by atoms with Gasteiger partial charge in [-0.25, -0.2) is 9.18 Å². The van der Waals surface area contributed by atoms with Crippen molar-refractivity contribution in [3.63, 3.8) is 0 Å². The van der Waals surface area contributed by atoms with Gasteiger partial charge in [-0.2, -0.15) is 0 Å². The molecule has 2 amide bonds. The van der Waals surface area contributed by atoms with Crippen molar-refractivity contribution in [2.24, 2.45) is 0 Å². The largest absolute Gasteiger partial charge is 0.455 e. The molecule has 3 aromatic rings. The van der Waals surface area contributed by atoms with Gasteiger partial charge in [0.15, 0.2) is 0 Å². The lowest BCUT2D eigenvalue weighted by Gasteiger charge is -2.19. The average Bonchev–Trinajstić information content (AvgIpc) is 2.72. The third kappa shape index (κ3) is 6.70. The molecule has 0 aromatic heterocycles. The van der Waals surface area contributed by atoms with Crippen molar-refractivity contribution in [1.82, 2.24) is 0 Å². The first kappa shape index (κ1) is 23.6. The maximum atomic E-state index is 13.4. The highest BCUT2D eigenvalue weighted by molar-refractivity contribution is 6.05. The average molecular weight is 451 g/mol. The minimum Gasteiger partial charge on any atom is -0.455 e. The quantitative estimate of drug-likeness (QED) is 0.406. The summed E-state index contributed by atoms with van der Waals surface area (Å²) in [5, 5.41) is 5.35.